The predicted octanol–water partition coefficient (Wildman–Crippen LogP) is 6.83. The Hall–Kier alpha value is -3.41. The predicted molar refractivity (Wildman–Crippen MR) is 171 cm³/mol. The van der Waals surface area contributed by atoms with Crippen molar-refractivity contribution in [3.05, 3.63) is 113 Å². The topological polar surface area (TPSA) is 61.4 Å². The van der Waals surface area contributed by atoms with Crippen LogP contribution in [0.3, 0.4) is 0 Å². The van der Waals surface area contributed by atoms with Crippen LogP contribution in [0.4, 0.5) is 0 Å². The van der Waals surface area contributed by atoms with E-state index in [1.807, 2.05) is 36.4 Å². The highest BCUT2D eigenvalue weighted by atomic mass is 35.5. The van der Waals surface area contributed by atoms with Crippen LogP contribution < -0.4 is 10.6 Å². The maximum atomic E-state index is 14.1. The molecule has 0 radical (unpaired) electrons. The van der Waals surface area contributed by atoms with Gasteiger partial charge in [0.25, 0.3) is 0 Å². The van der Waals surface area contributed by atoms with E-state index in [9.17, 15) is 9.59 Å². The normalized spacial score (nSPS) is 20.1. The second-order valence-electron chi connectivity index (χ2n) is 11.7. The lowest BCUT2D eigenvalue weighted by molar-refractivity contribution is -0.133. The number of hydrogen-bond donors (Lipinski definition) is 2. The summed E-state index contributed by atoms with van der Waals surface area (Å²) >= 11 is 5.97. The molecule has 5 nitrogen and oxygen atoms in total. The molecule has 1 aliphatic carbocycles. The van der Waals surface area contributed by atoms with Gasteiger partial charge in [0.2, 0.25) is 11.8 Å². The zero-order valence-electron chi connectivity index (χ0n) is 24.3. The standard InChI is InChI=1S/C36H42ClN3O2/c37-31-19-16-27(17-20-31)18-21-35(41)38-25-32-22-23-40(36(42)34(39-32)24-28-10-4-1-5-11-28)26-33(29-12-6-2-7-13-29)30-14-8-3-9-15-30/h2-3,6-9,12-21,28,32-34,39H,1,4-5,10-11,22-26H2,(H,38,41)/b21-18+/t32-,34-/m0/s1. The summed E-state index contributed by atoms with van der Waals surface area (Å²) in [5.41, 5.74) is 3.35. The van der Waals surface area contributed by atoms with Gasteiger partial charge in [-0.1, -0.05) is 117 Å². The van der Waals surface area contributed by atoms with Gasteiger partial charge >= 0.3 is 0 Å². The van der Waals surface area contributed by atoms with Gasteiger partial charge in [0, 0.05) is 42.7 Å². The molecule has 6 heteroatoms. The van der Waals surface area contributed by atoms with Crippen molar-refractivity contribution in [3.8, 4) is 0 Å². The lowest BCUT2D eigenvalue weighted by Gasteiger charge is -2.31. The average Bonchev–Trinajstić information content (AvgIpc) is 3.17. The summed E-state index contributed by atoms with van der Waals surface area (Å²) in [4.78, 5) is 28.9. The zero-order chi connectivity index (χ0) is 29.1. The summed E-state index contributed by atoms with van der Waals surface area (Å²) in [6.45, 7) is 1.77. The lowest BCUT2D eigenvalue weighted by atomic mass is 9.84. The van der Waals surface area contributed by atoms with E-state index in [2.05, 4.69) is 64.1 Å². The minimum Gasteiger partial charge on any atom is -0.351 e. The summed E-state index contributed by atoms with van der Waals surface area (Å²) in [5, 5.41) is 7.42. The molecule has 0 unspecified atom stereocenters. The first-order chi connectivity index (χ1) is 20.5. The van der Waals surface area contributed by atoms with Crippen LogP contribution in [0.15, 0.2) is 91.0 Å². The molecular weight excluding hydrogens is 542 g/mol. The van der Waals surface area contributed by atoms with Crippen LogP contribution in [-0.2, 0) is 9.59 Å². The fourth-order valence-corrected chi connectivity index (χ4v) is 6.50. The van der Waals surface area contributed by atoms with E-state index < -0.39 is 0 Å². The molecule has 3 aromatic carbocycles. The monoisotopic (exact) mass is 583 g/mol. The van der Waals surface area contributed by atoms with Crippen LogP contribution in [0.2, 0.25) is 5.02 Å². The molecule has 5 rings (SSSR count). The molecule has 2 atom stereocenters. The maximum Gasteiger partial charge on any atom is 0.244 e. The highest BCUT2D eigenvalue weighted by molar-refractivity contribution is 6.30. The molecule has 1 aliphatic heterocycles. The molecule has 3 aromatic rings. The quantitative estimate of drug-likeness (QED) is 0.257. The van der Waals surface area contributed by atoms with Crippen molar-refractivity contribution in [3.63, 3.8) is 0 Å². The van der Waals surface area contributed by atoms with Crippen LogP contribution in [0.1, 0.15) is 67.6 Å². The SMILES string of the molecule is O=C(/C=C/c1ccc(Cl)cc1)NC[C@@H]1CCN(CC(c2ccccc2)c2ccccc2)C(=O)[C@H](CC2CCCCC2)N1. The van der Waals surface area contributed by atoms with E-state index in [1.54, 1.807) is 12.2 Å². The molecule has 2 aliphatic rings. The van der Waals surface area contributed by atoms with Gasteiger partial charge in [0.1, 0.15) is 0 Å². The Morgan fingerprint density at radius 2 is 1.55 bits per heavy atom. The lowest BCUT2D eigenvalue weighted by Crippen LogP contribution is -2.50. The van der Waals surface area contributed by atoms with Crippen molar-refractivity contribution in [2.75, 3.05) is 19.6 Å². The Labute approximate surface area is 255 Å². The summed E-state index contributed by atoms with van der Waals surface area (Å²) in [5.74, 6) is 0.711. The zero-order valence-corrected chi connectivity index (χ0v) is 25.0. The number of rotatable bonds is 10. The molecule has 2 N–H and O–H groups in total. The van der Waals surface area contributed by atoms with Gasteiger partial charge in [-0.05, 0) is 53.7 Å². The third-order valence-electron chi connectivity index (χ3n) is 8.71. The van der Waals surface area contributed by atoms with E-state index in [4.69, 9.17) is 11.6 Å². The number of hydrogen-bond acceptors (Lipinski definition) is 3. The van der Waals surface area contributed by atoms with Gasteiger partial charge in [-0.15, -0.1) is 0 Å². The third-order valence-corrected chi connectivity index (χ3v) is 8.97. The first kappa shape index (κ1) is 30.1. The van der Waals surface area contributed by atoms with Crippen LogP contribution in [0.25, 0.3) is 6.08 Å². The van der Waals surface area contributed by atoms with Crippen molar-refractivity contribution >= 4 is 29.5 Å². The first-order valence-corrected chi connectivity index (χ1v) is 15.8. The van der Waals surface area contributed by atoms with Crippen molar-refractivity contribution < 1.29 is 9.59 Å². The second kappa shape index (κ2) is 15.2. The largest absolute Gasteiger partial charge is 0.351 e. The molecule has 1 heterocycles. The molecule has 220 valence electrons. The van der Waals surface area contributed by atoms with Gasteiger partial charge in [-0.25, -0.2) is 0 Å². The van der Waals surface area contributed by atoms with Gasteiger partial charge in [-0.3, -0.25) is 9.59 Å². The minimum atomic E-state index is -0.241. The van der Waals surface area contributed by atoms with E-state index >= 15 is 0 Å². The molecule has 2 amide bonds. The highest BCUT2D eigenvalue weighted by Gasteiger charge is 2.34. The van der Waals surface area contributed by atoms with Crippen molar-refractivity contribution in [1.29, 1.82) is 0 Å². The number of nitrogens with one attached hydrogen (secondary N) is 2. The Kier molecular flexibility index (Phi) is 10.9. The smallest absolute Gasteiger partial charge is 0.244 e. The van der Waals surface area contributed by atoms with E-state index in [0.717, 1.165) is 18.4 Å². The summed E-state index contributed by atoms with van der Waals surface area (Å²) in [6, 6.07) is 28.2. The number of halogens is 1. The van der Waals surface area contributed by atoms with Gasteiger partial charge in [0.15, 0.2) is 0 Å². The molecule has 1 saturated carbocycles. The molecule has 0 bridgehead atoms. The molecule has 0 spiro atoms. The first-order valence-electron chi connectivity index (χ1n) is 15.4. The Bertz CT molecular complexity index is 1270. The Morgan fingerprint density at radius 3 is 2.19 bits per heavy atom. The number of amides is 2. The molecule has 2 fully saturated rings. The van der Waals surface area contributed by atoms with Crippen LogP contribution >= 0.6 is 11.6 Å². The molecule has 1 saturated heterocycles. The minimum absolute atomic E-state index is 0.0207. The van der Waals surface area contributed by atoms with Gasteiger partial charge in [0.05, 0.1) is 6.04 Å². The van der Waals surface area contributed by atoms with Crippen LogP contribution in [0.5, 0.6) is 0 Å². The third kappa shape index (κ3) is 8.56. The average molecular weight is 584 g/mol. The number of carbonyl (C=O) groups is 2. The van der Waals surface area contributed by atoms with Crippen LogP contribution in [0, 0.1) is 5.92 Å². The molecule has 42 heavy (non-hydrogen) atoms. The highest BCUT2D eigenvalue weighted by Crippen LogP contribution is 2.30. The Balaban J connectivity index is 1.29. The summed E-state index contributed by atoms with van der Waals surface area (Å²) in [7, 11) is 0. The van der Waals surface area contributed by atoms with Crippen molar-refractivity contribution in [1.82, 2.24) is 15.5 Å². The fourth-order valence-electron chi connectivity index (χ4n) is 6.37. The van der Waals surface area contributed by atoms with E-state index in [1.165, 1.54) is 43.2 Å². The fraction of sp³-hybridized carbons (Fsp3) is 0.389. The Morgan fingerprint density at radius 1 is 0.905 bits per heavy atom. The maximum absolute atomic E-state index is 14.1. The second-order valence-corrected chi connectivity index (χ2v) is 12.2. The van der Waals surface area contributed by atoms with Crippen molar-refractivity contribution in [2.24, 2.45) is 5.92 Å². The molecular formula is C36H42ClN3O2. The van der Waals surface area contributed by atoms with E-state index in [0.29, 0.717) is 30.6 Å². The number of nitrogens with zero attached hydrogens (tertiary/aromatic N) is 1. The van der Waals surface area contributed by atoms with Crippen LogP contribution in [-0.4, -0.2) is 48.4 Å². The van der Waals surface area contributed by atoms with Crippen molar-refractivity contribution in [2.45, 2.75) is 62.9 Å². The molecule has 0 aromatic heterocycles. The van der Waals surface area contributed by atoms with Gasteiger partial charge in [-0.2, -0.15) is 0 Å². The summed E-state index contributed by atoms with van der Waals surface area (Å²) < 4.78 is 0. The van der Waals surface area contributed by atoms with Gasteiger partial charge < -0.3 is 15.5 Å². The number of benzene rings is 3. The number of carbonyl (C=O) groups excluding carboxylic acids is 2. The summed E-state index contributed by atoms with van der Waals surface area (Å²) in [6.07, 6.45) is 11.2. The van der Waals surface area contributed by atoms with E-state index in [-0.39, 0.29) is 29.8 Å².